The number of benzene rings is 2. The van der Waals surface area contributed by atoms with Crippen molar-refractivity contribution in [1.82, 2.24) is 20.2 Å². The second-order valence-electron chi connectivity index (χ2n) is 7.21. The summed E-state index contributed by atoms with van der Waals surface area (Å²) in [4.78, 5) is 23.1. The molecule has 0 aliphatic heterocycles. The molecule has 0 aliphatic rings. The maximum Gasteiger partial charge on any atom is 0.274 e. The van der Waals surface area contributed by atoms with Crippen LogP contribution in [0.4, 0.5) is 23.1 Å². The molecule has 0 bridgehead atoms. The molecule has 12 nitrogen and oxygen atoms in total. The van der Waals surface area contributed by atoms with Crippen LogP contribution in [0, 0.1) is 11.3 Å². The molecule has 6 N–H and O–H groups in total. The number of nitriles is 1. The van der Waals surface area contributed by atoms with Crippen LogP contribution in [0.25, 0.3) is 11.3 Å². The monoisotopic (exact) mass is 483 g/mol. The summed E-state index contributed by atoms with van der Waals surface area (Å²) in [7, 11) is 0. The molecule has 4 aromatic rings. The number of aliphatic hydroxyl groups excluding tert-OH is 1. The van der Waals surface area contributed by atoms with Gasteiger partial charge in [-0.25, -0.2) is 0 Å². The molecule has 36 heavy (non-hydrogen) atoms. The van der Waals surface area contributed by atoms with Crippen molar-refractivity contribution in [2.45, 2.75) is 0 Å². The van der Waals surface area contributed by atoms with Gasteiger partial charge in [-0.05, 0) is 24.3 Å². The summed E-state index contributed by atoms with van der Waals surface area (Å²) in [5.41, 5.74) is 7.77. The van der Waals surface area contributed by atoms with Crippen molar-refractivity contribution in [2.24, 2.45) is 10.7 Å². The number of nitrogens with zero attached hydrogens (tertiary/aromatic N) is 5. The lowest BCUT2D eigenvalue weighted by Gasteiger charge is -2.13. The summed E-state index contributed by atoms with van der Waals surface area (Å²) in [5.74, 6) is 0.203. The summed E-state index contributed by atoms with van der Waals surface area (Å²) in [5, 5.41) is 32.4. The number of aliphatic hydroxyl groups is 1. The number of para-hydroxylation sites is 2. The fraction of sp³-hybridized carbons (Fsp3) is 0.0833. The molecule has 2 heterocycles. The number of aliphatic imine (C=N–C) groups is 1. The normalized spacial score (nSPS) is 10.9. The number of hydrogen-bond donors (Lipinski definition) is 5. The Kier molecular flexibility index (Phi) is 7.44. The van der Waals surface area contributed by atoms with E-state index in [1.165, 1.54) is 0 Å². The number of H-pyrrole nitrogens is 1. The molecule has 180 valence electrons. The number of rotatable bonds is 8. The summed E-state index contributed by atoms with van der Waals surface area (Å²) < 4.78 is 5.22. The third-order valence-electron chi connectivity index (χ3n) is 4.73. The molecule has 0 saturated heterocycles. The smallest absolute Gasteiger partial charge is 0.274 e. The zero-order valence-electron chi connectivity index (χ0n) is 18.8. The molecule has 0 saturated carbocycles. The average Bonchev–Trinajstić information content (AvgIpc) is 2.89. The molecular formula is C24H21N9O3. The van der Waals surface area contributed by atoms with Crippen LogP contribution < -0.4 is 26.7 Å². The van der Waals surface area contributed by atoms with Gasteiger partial charge in [0.15, 0.2) is 17.3 Å². The van der Waals surface area contributed by atoms with Crippen LogP contribution in [0.2, 0.25) is 0 Å². The number of nitrogens with one attached hydrogen (secondary N) is 3. The summed E-state index contributed by atoms with van der Waals surface area (Å²) in [6.07, 6.45) is 0. The predicted molar refractivity (Wildman–Crippen MR) is 134 cm³/mol. The molecule has 0 fully saturated rings. The average molecular weight is 483 g/mol. The number of aromatic amines is 1. The molecule has 0 radical (unpaired) electrons. The molecule has 0 unspecified atom stereocenters. The maximum absolute atomic E-state index is 12.3. The van der Waals surface area contributed by atoms with Gasteiger partial charge >= 0.3 is 0 Å². The minimum absolute atomic E-state index is 0.0269. The topological polar surface area (TPSA) is 187 Å². The fourth-order valence-corrected chi connectivity index (χ4v) is 3.12. The lowest BCUT2D eigenvalue weighted by Crippen LogP contribution is -2.23. The van der Waals surface area contributed by atoms with Gasteiger partial charge < -0.3 is 26.2 Å². The van der Waals surface area contributed by atoms with E-state index in [0.29, 0.717) is 22.9 Å². The Bertz CT molecular complexity index is 1460. The zero-order chi connectivity index (χ0) is 25.3. The summed E-state index contributed by atoms with van der Waals surface area (Å²) in [6, 6.07) is 21.9. The summed E-state index contributed by atoms with van der Waals surface area (Å²) >= 11 is 0. The van der Waals surface area contributed by atoms with Crippen molar-refractivity contribution in [3.63, 3.8) is 0 Å². The van der Waals surface area contributed by atoms with Crippen molar-refractivity contribution in [2.75, 3.05) is 23.8 Å². The number of ether oxygens (including phenoxy) is 1. The van der Waals surface area contributed by atoms with Crippen LogP contribution >= 0.6 is 0 Å². The Morgan fingerprint density at radius 2 is 1.83 bits per heavy atom. The van der Waals surface area contributed by atoms with Gasteiger partial charge in [0, 0.05) is 5.56 Å². The first kappa shape index (κ1) is 23.9. The largest absolute Gasteiger partial charge is 0.474 e. The maximum atomic E-state index is 12.3. The van der Waals surface area contributed by atoms with E-state index in [9.17, 15) is 10.1 Å². The van der Waals surface area contributed by atoms with Gasteiger partial charge in [0.05, 0.1) is 23.7 Å². The van der Waals surface area contributed by atoms with Crippen molar-refractivity contribution in [3.05, 3.63) is 82.6 Å². The van der Waals surface area contributed by atoms with E-state index in [0.717, 1.165) is 5.56 Å². The van der Waals surface area contributed by atoms with Crippen molar-refractivity contribution < 1.29 is 9.84 Å². The Morgan fingerprint density at radius 3 is 2.53 bits per heavy atom. The highest BCUT2D eigenvalue weighted by Gasteiger charge is 2.14. The Morgan fingerprint density at radius 1 is 1.08 bits per heavy atom. The lowest BCUT2D eigenvalue weighted by molar-refractivity contribution is 0.196. The fourth-order valence-electron chi connectivity index (χ4n) is 3.12. The van der Waals surface area contributed by atoms with E-state index in [1.54, 1.807) is 42.5 Å². The standard InChI is InChI=1S/C24H21N9O3/c25-14-16-21(35)30-24(31-22(16)36-13-12-34)28-19-9-5-4-8-18(19)27-23(26)29-20-11-10-17(32-33-20)15-6-2-1-3-7-15/h1-11,34H,12-13H2,(H3,26,27,29,33)(H2,28,30,31,35). The van der Waals surface area contributed by atoms with E-state index >= 15 is 0 Å². The van der Waals surface area contributed by atoms with Crippen molar-refractivity contribution >= 4 is 29.1 Å². The lowest BCUT2D eigenvalue weighted by atomic mass is 10.1. The Balaban J connectivity index is 1.53. The highest BCUT2D eigenvalue weighted by Crippen LogP contribution is 2.25. The zero-order valence-corrected chi connectivity index (χ0v) is 18.8. The van der Waals surface area contributed by atoms with Crippen LogP contribution in [0.1, 0.15) is 5.56 Å². The molecule has 12 heteroatoms. The highest BCUT2D eigenvalue weighted by molar-refractivity contribution is 5.97. The molecule has 4 rings (SSSR count). The van der Waals surface area contributed by atoms with E-state index in [2.05, 4.69) is 35.8 Å². The SMILES string of the molecule is N#Cc1c(OCCO)nc(Nc2ccccc2NC(N)=Nc2ccc(-c3ccccc3)nn2)[nH]c1=O. The van der Waals surface area contributed by atoms with Crippen molar-refractivity contribution in [3.8, 4) is 23.2 Å². The molecule has 0 atom stereocenters. The minimum atomic E-state index is -0.688. The number of hydrogen-bond acceptors (Lipinski definition) is 9. The van der Waals surface area contributed by atoms with E-state index in [-0.39, 0.29) is 36.6 Å². The van der Waals surface area contributed by atoms with Crippen molar-refractivity contribution in [1.29, 1.82) is 5.26 Å². The van der Waals surface area contributed by atoms with E-state index in [4.69, 9.17) is 15.6 Å². The second-order valence-corrected chi connectivity index (χ2v) is 7.21. The van der Waals surface area contributed by atoms with Crippen LogP contribution in [0.3, 0.4) is 0 Å². The van der Waals surface area contributed by atoms with Gasteiger partial charge in [-0.3, -0.25) is 9.78 Å². The van der Waals surface area contributed by atoms with Gasteiger partial charge in [0.25, 0.3) is 5.56 Å². The second kappa shape index (κ2) is 11.2. The van der Waals surface area contributed by atoms with E-state index < -0.39 is 5.56 Å². The molecular weight excluding hydrogens is 462 g/mol. The number of aromatic nitrogens is 4. The van der Waals surface area contributed by atoms with Crippen LogP contribution in [-0.2, 0) is 0 Å². The number of anilines is 3. The first-order valence-corrected chi connectivity index (χ1v) is 10.7. The molecule has 0 spiro atoms. The molecule has 0 aliphatic carbocycles. The van der Waals surface area contributed by atoms with Gasteiger partial charge in [0.1, 0.15) is 12.7 Å². The minimum Gasteiger partial charge on any atom is -0.474 e. The molecule has 0 amide bonds. The van der Waals surface area contributed by atoms with Gasteiger partial charge in [-0.1, -0.05) is 42.5 Å². The predicted octanol–water partition coefficient (Wildman–Crippen LogP) is 2.27. The van der Waals surface area contributed by atoms with Crippen LogP contribution in [0.5, 0.6) is 5.88 Å². The van der Waals surface area contributed by atoms with Gasteiger partial charge in [0.2, 0.25) is 11.8 Å². The first-order chi connectivity index (χ1) is 17.6. The third-order valence-corrected chi connectivity index (χ3v) is 4.73. The van der Waals surface area contributed by atoms with Gasteiger partial charge in [-0.2, -0.15) is 15.2 Å². The summed E-state index contributed by atoms with van der Waals surface area (Å²) in [6.45, 7) is -0.419. The Labute approximate surface area is 205 Å². The molecule has 2 aromatic heterocycles. The molecule has 2 aromatic carbocycles. The Hall–Kier alpha value is -5.28. The third kappa shape index (κ3) is 5.79. The number of nitrogens with two attached hydrogens (primary N) is 1. The van der Waals surface area contributed by atoms with Crippen LogP contribution in [0.15, 0.2) is 76.5 Å². The number of guanidine groups is 1. The highest BCUT2D eigenvalue weighted by atomic mass is 16.5. The van der Waals surface area contributed by atoms with Gasteiger partial charge in [-0.15, -0.1) is 10.2 Å². The first-order valence-electron chi connectivity index (χ1n) is 10.7. The van der Waals surface area contributed by atoms with E-state index in [1.807, 2.05) is 30.3 Å². The quantitative estimate of drug-likeness (QED) is 0.184. The van der Waals surface area contributed by atoms with Crippen LogP contribution in [-0.4, -0.2) is 44.4 Å².